The second-order valence-corrected chi connectivity index (χ2v) is 5.54. The van der Waals surface area contributed by atoms with Gasteiger partial charge in [0, 0.05) is 0 Å². The molecular weight excluding hydrogens is 322 g/mol. The molecular formula is C18H17N3O4. The van der Waals surface area contributed by atoms with Gasteiger partial charge in [0.25, 0.3) is 5.56 Å². The van der Waals surface area contributed by atoms with Crippen molar-refractivity contribution >= 4 is 16.9 Å². The molecule has 3 aromatic rings. The highest BCUT2D eigenvalue weighted by Crippen LogP contribution is 2.20. The molecule has 0 aliphatic rings. The van der Waals surface area contributed by atoms with Gasteiger partial charge in [-0.15, -0.1) is 5.10 Å². The number of benzene rings is 2. The van der Waals surface area contributed by atoms with E-state index < -0.39 is 5.97 Å². The van der Waals surface area contributed by atoms with Crippen LogP contribution in [-0.2, 0) is 16.3 Å². The smallest absolute Gasteiger partial charge is 0.345 e. The largest absolute Gasteiger partial charge is 0.482 e. The standard InChI is InChI=1S/C18H17N3O4/c1-12-6-5-9-16(13(12)2)24-10-17(22)25-11-21-18(23)14-7-3-4-8-15(14)19-20-21/h3-9H,10-11H2,1-2H3. The van der Waals surface area contributed by atoms with Crippen LogP contribution in [0.4, 0.5) is 0 Å². The topological polar surface area (TPSA) is 83.3 Å². The van der Waals surface area contributed by atoms with Gasteiger partial charge in [0.2, 0.25) is 0 Å². The molecule has 0 aliphatic heterocycles. The van der Waals surface area contributed by atoms with E-state index in [9.17, 15) is 9.59 Å². The van der Waals surface area contributed by atoms with Crippen molar-refractivity contribution in [3.05, 3.63) is 63.9 Å². The third-order valence-corrected chi connectivity index (χ3v) is 3.88. The zero-order chi connectivity index (χ0) is 17.8. The van der Waals surface area contributed by atoms with Crippen molar-refractivity contribution in [3.63, 3.8) is 0 Å². The minimum absolute atomic E-state index is 0.250. The highest BCUT2D eigenvalue weighted by molar-refractivity contribution is 5.76. The number of aryl methyl sites for hydroxylation is 1. The molecule has 7 heteroatoms. The molecule has 0 aliphatic carbocycles. The van der Waals surface area contributed by atoms with Crippen LogP contribution < -0.4 is 10.3 Å². The van der Waals surface area contributed by atoms with Crippen LogP contribution in [0.15, 0.2) is 47.3 Å². The molecule has 0 atom stereocenters. The third-order valence-electron chi connectivity index (χ3n) is 3.88. The van der Waals surface area contributed by atoms with Crippen LogP contribution in [0.25, 0.3) is 10.9 Å². The van der Waals surface area contributed by atoms with E-state index in [-0.39, 0.29) is 18.9 Å². The molecule has 1 heterocycles. The zero-order valence-corrected chi connectivity index (χ0v) is 13.9. The molecule has 25 heavy (non-hydrogen) atoms. The molecule has 0 N–H and O–H groups in total. The molecule has 0 amide bonds. The van der Waals surface area contributed by atoms with E-state index in [2.05, 4.69) is 10.3 Å². The second kappa shape index (κ2) is 7.12. The molecule has 0 spiro atoms. The zero-order valence-electron chi connectivity index (χ0n) is 13.9. The molecule has 7 nitrogen and oxygen atoms in total. The summed E-state index contributed by atoms with van der Waals surface area (Å²) in [7, 11) is 0. The van der Waals surface area contributed by atoms with E-state index in [0.29, 0.717) is 16.7 Å². The van der Waals surface area contributed by atoms with Crippen LogP contribution in [0.5, 0.6) is 5.75 Å². The van der Waals surface area contributed by atoms with Crippen molar-refractivity contribution in [2.24, 2.45) is 0 Å². The molecule has 0 unspecified atom stereocenters. The number of carbonyl (C=O) groups excluding carboxylic acids is 1. The number of hydrogen-bond acceptors (Lipinski definition) is 6. The van der Waals surface area contributed by atoms with Gasteiger partial charge in [-0.1, -0.05) is 29.5 Å². The van der Waals surface area contributed by atoms with E-state index >= 15 is 0 Å². The lowest BCUT2D eigenvalue weighted by atomic mass is 10.1. The summed E-state index contributed by atoms with van der Waals surface area (Å²) >= 11 is 0. The maximum Gasteiger partial charge on any atom is 0.345 e. The van der Waals surface area contributed by atoms with Gasteiger partial charge in [-0.25, -0.2) is 4.79 Å². The molecule has 0 saturated carbocycles. The van der Waals surface area contributed by atoms with Crippen LogP contribution in [-0.4, -0.2) is 27.6 Å². The number of aromatic nitrogens is 3. The first kappa shape index (κ1) is 16.6. The highest BCUT2D eigenvalue weighted by atomic mass is 16.6. The molecule has 0 radical (unpaired) electrons. The first-order valence-electron chi connectivity index (χ1n) is 7.73. The number of esters is 1. The average molecular weight is 339 g/mol. The monoisotopic (exact) mass is 339 g/mol. The number of carbonyl (C=O) groups is 1. The van der Waals surface area contributed by atoms with Gasteiger partial charge in [-0.05, 0) is 43.2 Å². The Morgan fingerprint density at radius 2 is 1.92 bits per heavy atom. The van der Waals surface area contributed by atoms with E-state index in [1.54, 1.807) is 30.3 Å². The fraction of sp³-hybridized carbons (Fsp3) is 0.222. The Balaban J connectivity index is 1.62. The summed E-state index contributed by atoms with van der Waals surface area (Å²) in [6, 6.07) is 12.4. The van der Waals surface area contributed by atoms with Crippen molar-refractivity contribution in [3.8, 4) is 5.75 Å². The minimum Gasteiger partial charge on any atom is -0.482 e. The number of fused-ring (bicyclic) bond motifs is 1. The van der Waals surface area contributed by atoms with Crippen molar-refractivity contribution in [2.45, 2.75) is 20.6 Å². The fourth-order valence-electron chi connectivity index (χ4n) is 2.30. The van der Waals surface area contributed by atoms with Crippen LogP contribution in [0.2, 0.25) is 0 Å². The highest BCUT2D eigenvalue weighted by Gasteiger charge is 2.10. The van der Waals surface area contributed by atoms with E-state index in [1.807, 2.05) is 26.0 Å². The Hall–Kier alpha value is -3.22. The number of rotatable bonds is 5. The summed E-state index contributed by atoms with van der Waals surface area (Å²) in [5, 5.41) is 8.10. The van der Waals surface area contributed by atoms with Crippen LogP contribution in [0.1, 0.15) is 11.1 Å². The second-order valence-electron chi connectivity index (χ2n) is 5.54. The predicted octanol–water partition coefficient (Wildman–Crippen LogP) is 1.99. The van der Waals surface area contributed by atoms with Crippen molar-refractivity contribution in [2.75, 3.05) is 6.61 Å². The summed E-state index contributed by atoms with van der Waals surface area (Å²) < 4.78 is 11.5. The SMILES string of the molecule is Cc1cccc(OCC(=O)OCn2nnc3ccccc3c2=O)c1C. The Morgan fingerprint density at radius 3 is 2.76 bits per heavy atom. The summed E-state index contributed by atoms with van der Waals surface area (Å²) in [6.07, 6.45) is 0. The first-order valence-corrected chi connectivity index (χ1v) is 7.73. The summed E-state index contributed by atoms with van der Waals surface area (Å²) in [6.45, 7) is 3.32. The van der Waals surface area contributed by atoms with Gasteiger partial charge in [-0.2, -0.15) is 4.68 Å². The molecule has 3 rings (SSSR count). The van der Waals surface area contributed by atoms with E-state index in [0.717, 1.165) is 15.8 Å². The normalized spacial score (nSPS) is 10.6. The summed E-state index contributed by atoms with van der Waals surface area (Å²) in [5.41, 5.74) is 2.16. The minimum atomic E-state index is -0.595. The van der Waals surface area contributed by atoms with Gasteiger partial charge in [0.1, 0.15) is 11.3 Å². The molecule has 128 valence electrons. The molecule has 2 aromatic carbocycles. The third kappa shape index (κ3) is 3.65. The Kier molecular flexibility index (Phi) is 4.74. The molecule has 0 fully saturated rings. The van der Waals surface area contributed by atoms with Crippen LogP contribution >= 0.6 is 0 Å². The average Bonchev–Trinajstić information content (AvgIpc) is 2.62. The van der Waals surface area contributed by atoms with Gasteiger partial charge in [-0.3, -0.25) is 4.79 Å². The summed E-state index contributed by atoms with van der Waals surface area (Å²) in [5.74, 6) is 0.0300. The summed E-state index contributed by atoms with van der Waals surface area (Å²) in [4.78, 5) is 24.1. The van der Waals surface area contributed by atoms with Gasteiger partial charge in [0.05, 0.1) is 5.39 Å². The molecule has 0 bridgehead atoms. The fourth-order valence-corrected chi connectivity index (χ4v) is 2.30. The van der Waals surface area contributed by atoms with E-state index in [1.165, 1.54) is 0 Å². The maximum absolute atomic E-state index is 12.2. The van der Waals surface area contributed by atoms with Gasteiger partial charge in [0.15, 0.2) is 13.3 Å². The van der Waals surface area contributed by atoms with Crippen molar-refractivity contribution in [1.82, 2.24) is 15.0 Å². The lowest BCUT2D eigenvalue weighted by Crippen LogP contribution is -2.27. The van der Waals surface area contributed by atoms with Crippen LogP contribution in [0.3, 0.4) is 0 Å². The van der Waals surface area contributed by atoms with Crippen molar-refractivity contribution in [1.29, 1.82) is 0 Å². The molecule has 0 saturated heterocycles. The number of hydrogen-bond donors (Lipinski definition) is 0. The Bertz CT molecular complexity index is 981. The lowest BCUT2D eigenvalue weighted by Gasteiger charge is -2.11. The van der Waals surface area contributed by atoms with E-state index in [4.69, 9.17) is 9.47 Å². The molecule has 1 aromatic heterocycles. The lowest BCUT2D eigenvalue weighted by molar-refractivity contribution is -0.150. The predicted molar refractivity (Wildman–Crippen MR) is 91.3 cm³/mol. The number of ether oxygens (including phenoxy) is 2. The van der Waals surface area contributed by atoms with Gasteiger partial charge >= 0.3 is 5.97 Å². The van der Waals surface area contributed by atoms with Gasteiger partial charge < -0.3 is 9.47 Å². The Labute approximate surface area is 143 Å². The van der Waals surface area contributed by atoms with Crippen molar-refractivity contribution < 1.29 is 14.3 Å². The quantitative estimate of drug-likeness (QED) is 0.661. The maximum atomic E-state index is 12.2. The Morgan fingerprint density at radius 1 is 1.12 bits per heavy atom. The van der Waals surface area contributed by atoms with Crippen LogP contribution in [0, 0.1) is 13.8 Å². The number of nitrogens with zero attached hydrogens (tertiary/aromatic N) is 3. The first-order chi connectivity index (χ1) is 12.1.